The summed E-state index contributed by atoms with van der Waals surface area (Å²) in [5.74, 6) is 0.227. The Balaban J connectivity index is 2.13. The summed E-state index contributed by atoms with van der Waals surface area (Å²) in [6, 6.07) is 11.4. The van der Waals surface area contributed by atoms with Gasteiger partial charge < -0.3 is 14.5 Å². The molecule has 0 aliphatic heterocycles. The molecule has 1 aromatic carbocycles. The highest BCUT2D eigenvalue weighted by Gasteiger charge is 2.21. The molecule has 1 heterocycles. The highest BCUT2D eigenvalue weighted by Crippen LogP contribution is 2.19. The first kappa shape index (κ1) is 16.2. The minimum Gasteiger partial charge on any atom is -0.395 e. The lowest BCUT2D eigenvalue weighted by molar-refractivity contribution is 0.0666. The topological polar surface area (TPSA) is 66.6 Å². The van der Waals surface area contributed by atoms with E-state index in [9.17, 15) is 9.90 Å². The minimum atomic E-state index is -0.250. The number of amides is 1. The lowest BCUT2D eigenvalue weighted by Crippen LogP contribution is -2.32. The number of nitrogens with zero attached hydrogens (tertiary/aromatic N) is 2. The zero-order chi connectivity index (χ0) is 15.9. The molecular weight excluding hydrogens is 280 g/mol. The van der Waals surface area contributed by atoms with Gasteiger partial charge in [-0.05, 0) is 12.0 Å². The molecule has 0 saturated carbocycles. The van der Waals surface area contributed by atoms with Crippen LogP contribution in [0.3, 0.4) is 0 Å². The molecule has 2 aromatic rings. The van der Waals surface area contributed by atoms with Crippen molar-refractivity contribution in [3.8, 4) is 0 Å². The number of aliphatic hydroxyl groups is 1. The number of carbonyl (C=O) groups excluding carboxylic acids is 1. The number of benzene rings is 1. The van der Waals surface area contributed by atoms with E-state index in [2.05, 4.69) is 12.1 Å². The van der Waals surface area contributed by atoms with Crippen molar-refractivity contribution in [3.63, 3.8) is 0 Å². The van der Waals surface area contributed by atoms with E-state index in [1.54, 1.807) is 11.0 Å². The number of hydrogen-bond acceptors (Lipinski definition) is 4. The van der Waals surface area contributed by atoms with Crippen LogP contribution < -0.4 is 0 Å². The Hall–Kier alpha value is -2.14. The van der Waals surface area contributed by atoms with Crippen LogP contribution in [0.25, 0.3) is 0 Å². The van der Waals surface area contributed by atoms with Crippen LogP contribution in [0.4, 0.5) is 0 Å². The molecule has 2 rings (SSSR count). The van der Waals surface area contributed by atoms with Gasteiger partial charge in [0.25, 0.3) is 5.91 Å². The summed E-state index contributed by atoms with van der Waals surface area (Å²) in [4.78, 5) is 14.1. The summed E-state index contributed by atoms with van der Waals surface area (Å²) in [5, 5.41) is 13.2. The van der Waals surface area contributed by atoms with Crippen molar-refractivity contribution >= 4 is 5.91 Å². The molecule has 1 atom stereocenters. The van der Waals surface area contributed by atoms with Gasteiger partial charge in [0.2, 0.25) is 5.76 Å². The third-order valence-electron chi connectivity index (χ3n) is 3.73. The largest absolute Gasteiger partial charge is 0.395 e. The molecule has 22 heavy (non-hydrogen) atoms. The second-order valence-electron chi connectivity index (χ2n) is 5.36. The Labute approximate surface area is 130 Å². The van der Waals surface area contributed by atoms with E-state index in [4.69, 9.17) is 4.52 Å². The van der Waals surface area contributed by atoms with Crippen molar-refractivity contribution in [2.24, 2.45) is 0 Å². The van der Waals surface area contributed by atoms with Crippen molar-refractivity contribution in [2.45, 2.75) is 32.7 Å². The Morgan fingerprint density at radius 2 is 2.09 bits per heavy atom. The van der Waals surface area contributed by atoms with Crippen LogP contribution >= 0.6 is 0 Å². The van der Waals surface area contributed by atoms with Crippen LogP contribution in [0.2, 0.25) is 0 Å². The fourth-order valence-electron chi connectivity index (χ4n) is 2.16. The average molecular weight is 302 g/mol. The van der Waals surface area contributed by atoms with Gasteiger partial charge in [0.15, 0.2) is 0 Å². The third kappa shape index (κ3) is 3.95. The normalized spacial score (nSPS) is 12.1. The van der Waals surface area contributed by atoms with Gasteiger partial charge in [0, 0.05) is 25.1 Å². The molecule has 0 bridgehead atoms. The van der Waals surface area contributed by atoms with E-state index < -0.39 is 0 Å². The number of carbonyl (C=O) groups is 1. The summed E-state index contributed by atoms with van der Waals surface area (Å²) in [6.45, 7) is 4.70. The van der Waals surface area contributed by atoms with Crippen LogP contribution in [0, 0.1) is 0 Å². The first-order chi connectivity index (χ1) is 10.7. The number of rotatable bonds is 7. The SMILES string of the molecule is CCC(C)c1cc(C(=O)N(CCO)Cc2ccccc2)on1. The lowest BCUT2D eigenvalue weighted by Gasteiger charge is -2.20. The van der Waals surface area contributed by atoms with Crippen molar-refractivity contribution in [2.75, 3.05) is 13.2 Å². The minimum absolute atomic E-state index is 0.0923. The maximum Gasteiger partial charge on any atom is 0.292 e. The molecule has 0 saturated heterocycles. The first-order valence-corrected chi connectivity index (χ1v) is 7.56. The molecule has 1 unspecified atom stereocenters. The zero-order valence-electron chi connectivity index (χ0n) is 13.0. The molecule has 118 valence electrons. The third-order valence-corrected chi connectivity index (χ3v) is 3.73. The van der Waals surface area contributed by atoms with Gasteiger partial charge in [-0.25, -0.2) is 0 Å². The van der Waals surface area contributed by atoms with Gasteiger partial charge in [-0.15, -0.1) is 0 Å². The molecule has 1 amide bonds. The summed E-state index contributed by atoms with van der Waals surface area (Å²) < 4.78 is 5.19. The monoisotopic (exact) mass is 302 g/mol. The quantitative estimate of drug-likeness (QED) is 0.854. The molecule has 5 heteroatoms. The smallest absolute Gasteiger partial charge is 0.292 e. The summed E-state index contributed by atoms with van der Waals surface area (Å²) >= 11 is 0. The Morgan fingerprint density at radius 1 is 1.36 bits per heavy atom. The lowest BCUT2D eigenvalue weighted by atomic mass is 10.1. The van der Waals surface area contributed by atoms with Crippen LogP contribution in [0.1, 0.15) is 48.0 Å². The van der Waals surface area contributed by atoms with Crippen molar-refractivity contribution in [1.82, 2.24) is 10.1 Å². The molecule has 1 aromatic heterocycles. The fraction of sp³-hybridized carbons (Fsp3) is 0.412. The Morgan fingerprint density at radius 3 is 2.73 bits per heavy atom. The van der Waals surface area contributed by atoms with E-state index in [0.717, 1.165) is 17.7 Å². The molecule has 0 spiro atoms. The summed E-state index contributed by atoms with van der Waals surface area (Å²) in [7, 11) is 0. The van der Waals surface area contributed by atoms with Crippen LogP contribution in [-0.2, 0) is 6.54 Å². The predicted molar refractivity (Wildman–Crippen MR) is 83.5 cm³/mol. The van der Waals surface area contributed by atoms with Crippen LogP contribution in [-0.4, -0.2) is 34.2 Å². The van der Waals surface area contributed by atoms with Crippen molar-refractivity contribution in [1.29, 1.82) is 0 Å². The van der Waals surface area contributed by atoms with E-state index in [0.29, 0.717) is 6.54 Å². The Bertz CT molecular complexity index is 595. The van der Waals surface area contributed by atoms with E-state index in [1.165, 1.54) is 0 Å². The predicted octanol–water partition coefficient (Wildman–Crippen LogP) is 2.82. The Kier molecular flexibility index (Phi) is 5.72. The van der Waals surface area contributed by atoms with Gasteiger partial charge in [0.05, 0.1) is 12.3 Å². The number of hydrogen-bond donors (Lipinski definition) is 1. The first-order valence-electron chi connectivity index (χ1n) is 7.56. The summed E-state index contributed by atoms with van der Waals surface area (Å²) in [6.07, 6.45) is 0.935. The molecular formula is C17H22N2O3. The van der Waals surface area contributed by atoms with E-state index >= 15 is 0 Å². The maximum absolute atomic E-state index is 12.5. The van der Waals surface area contributed by atoms with Crippen molar-refractivity contribution in [3.05, 3.63) is 53.4 Å². The second-order valence-corrected chi connectivity index (χ2v) is 5.36. The second kappa shape index (κ2) is 7.75. The highest BCUT2D eigenvalue weighted by molar-refractivity contribution is 5.91. The van der Waals surface area contributed by atoms with Crippen LogP contribution in [0.15, 0.2) is 40.9 Å². The molecule has 0 aliphatic carbocycles. The fourth-order valence-corrected chi connectivity index (χ4v) is 2.16. The van der Waals surface area contributed by atoms with Gasteiger partial charge in [-0.1, -0.05) is 49.3 Å². The highest BCUT2D eigenvalue weighted by atomic mass is 16.5. The van der Waals surface area contributed by atoms with Gasteiger partial charge in [0.1, 0.15) is 0 Å². The maximum atomic E-state index is 12.5. The molecule has 0 fully saturated rings. The van der Waals surface area contributed by atoms with Gasteiger partial charge in [-0.2, -0.15) is 0 Å². The number of aliphatic hydroxyl groups excluding tert-OH is 1. The average Bonchev–Trinajstić information content (AvgIpc) is 3.04. The van der Waals surface area contributed by atoms with Crippen LogP contribution in [0.5, 0.6) is 0 Å². The number of aromatic nitrogens is 1. The van der Waals surface area contributed by atoms with E-state index in [-0.39, 0.29) is 30.7 Å². The molecule has 0 radical (unpaired) electrons. The zero-order valence-corrected chi connectivity index (χ0v) is 13.0. The van der Waals surface area contributed by atoms with E-state index in [1.807, 2.05) is 37.3 Å². The standard InChI is InChI=1S/C17H22N2O3/c1-3-13(2)15-11-16(22-18-15)17(21)19(9-10-20)12-14-7-5-4-6-8-14/h4-8,11,13,20H,3,9-10,12H2,1-2H3. The van der Waals surface area contributed by atoms with Gasteiger partial charge in [-0.3, -0.25) is 4.79 Å². The van der Waals surface area contributed by atoms with Gasteiger partial charge >= 0.3 is 0 Å². The van der Waals surface area contributed by atoms with Crippen molar-refractivity contribution < 1.29 is 14.4 Å². The molecule has 1 N–H and O–H groups in total. The molecule has 5 nitrogen and oxygen atoms in total. The summed E-state index contributed by atoms with van der Waals surface area (Å²) in [5.41, 5.74) is 1.79. The molecule has 0 aliphatic rings.